The predicted octanol–water partition coefficient (Wildman–Crippen LogP) is 2.84. The van der Waals surface area contributed by atoms with E-state index in [-0.39, 0.29) is 5.92 Å². The Morgan fingerprint density at radius 2 is 2.08 bits per heavy atom. The second kappa shape index (κ2) is 6.89. The molecule has 0 aromatic heterocycles. The summed E-state index contributed by atoms with van der Waals surface area (Å²) in [4.78, 5) is 10.6. The van der Waals surface area contributed by atoms with Crippen molar-refractivity contribution in [1.82, 2.24) is 0 Å². The van der Waals surface area contributed by atoms with Crippen LogP contribution < -0.4 is 0 Å². The molecule has 0 fully saturated rings. The summed E-state index contributed by atoms with van der Waals surface area (Å²) in [5.41, 5.74) is 0. The number of carboxylic acid groups (broad SMARTS) is 1. The highest BCUT2D eigenvalue weighted by Crippen LogP contribution is 2.11. The Labute approximate surface area is 74.3 Å². The smallest absolute Gasteiger partial charge is 0.306 e. The maximum absolute atomic E-state index is 10.6. The molecule has 0 amide bonds. The topological polar surface area (TPSA) is 37.3 Å². The van der Waals surface area contributed by atoms with Crippen LogP contribution in [0.15, 0.2) is 12.2 Å². The molecule has 0 rings (SSSR count). The molecular weight excluding hydrogens is 152 g/mol. The summed E-state index contributed by atoms with van der Waals surface area (Å²) in [6, 6.07) is 0. The Morgan fingerprint density at radius 3 is 2.50 bits per heavy atom. The van der Waals surface area contributed by atoms with Crippen LogP contribution in [0.3, 0.4) is 0 Å². The average Bonchev–Trinajstić information content (AvgIpc) is 2.03. The van der Waals surface area contributed by atoms with Crippen molar-refractivity contribution in [3.05, 3.63) is 12.2 Å². The van der Waals surface area contributed by atoms with Crippen molar-refractivity contribution in [2.24, 2.45) is 5.92 Å². The molecule has 2 nitrogen and oxygen atoms in total. The van der Waals surface area contributed by atoms with Crippen LogP contribution in [-0.2, 0) is 4.79 Å². The van der Waals surface area contributed by atoms with E-state index >= 15 is 0 Å². The van der Waals surface area contributed by atoms with Gasteiger partial charge in [0, 0.05) is 0 Å². The van der Waals surface area contributed by atoms with Crippen molar-refractivity contribution in [2.45, 2.75) is 39.5 Å². The first-order chi connectivity index (χ1) is 5.72. The van der Waals surface area contributed by atoms with E-state index in [1.165, 1.54) is 0 Å². The highest BCUT2D eigenvalue weighted by atomic mass is 16.4. The van der Waals surface area contributed by atoms with E-state index < -0.39 is 5.97 Å². The Kier molecular flexibility index (Phi) is 6.44. The van der Waals surface area contributed by atoms with E-state index in [1.54, 1.807) is 0 Å². The molecule has 70 valence electrons. The summed E-state index contributed by atoms with van der Waals surface area (Å²) in [5.74, 6) is -0.851. The van der Waals surface area contributed by atoms with Gasteiger partial charge in [-0.25, -0.2) is 0 Å². The summed E-state index contributed by atoms with van der Waals surface area (Å²) in [7, 11) is 0. The zero-order chi connectivity index (χ0) is 9.40. The molecule has 1 N–H and O–H groups in total. The minimum absolute atomic E-state index is 0.183. The van der Waals surface area contributed by atoms with Gasteiger partial charge in [-0.15, -0.1) is 0 Å². The van der Waals surface area contributed by atoms with Gasteiger partial charge in [-0.2, -0.15) is 0 Å². The van der Waals surface area contributed by atoms with E-state index in [4.69, 9.17) is 5.11 Å². The van der Waals surface area contributed by atoms with Gasteiger partial charge >= 0.3 is 5.97 Å². The van der Waals surface area contributed by atoms with Crippen molar-refractivity contribution < 1.29 is 9.90 Å². The fourth-order valence-electron chi connectivity index (χ4n) is 1.12. The number of rotatable bonds is 6. The SMILES string of the molecule is CC/C=C\CC(CCC)C(=O)O. The van der Waals surface area contributed by atoms with Crippen LogP contribution in [0.4, 0.5) is 0 Å². The zero-order valence-electron chi connectivity index (χ0n) is 7.92. The molecule has 2 heteroatoms. The van der Waals surface area contributed by atoms with Crippen molar-refractivity contribution in [3.8, 4) is 0 Å². The second-order valence-corrected chi connectivity index (χ2v) is 2.94. The van der Waals surface area contributed by atoms with E-state index in [2.05, 4.69) is 0 Å². The molecule has 0 bridgehead atoms. The van der Waals surface area contributed by atoms with Gasteiger partial charge in [-0.1, -0.05) is 32.4 Å². The Morgan fingerprint density at radius 1 is 1.42 bits per heavy atom. The molecule has 0 aliphatic carbocycles. The quantitative estimate of drug-likeness (QED) is 0.622. The van der Waals surface area contributed by atoms with E-state index in [0.717, 1.165) is 19.3 Å². The first kappa shape index (κ1) is 11.2. The molecule has 12 heavy (non-hydrogen) atoms. The van der Waals surface area contributed by atoms with Gasteiger partial charge in [0.1, 0.15) is 0 Å². The first-order valence-electron chi connectivity index (χ1n) is 4.60. The van der Waals surface area contributed by atoms with Crippen LogP contribution in [0.1, 0.15) is 39.5 Å². The number of carbonyl (C=O) groups is 1. The Balaban J connectivity index is 3.78. The molecule has 0 aromatic rings. The van der Waals surface area contributed by atoms with Gasteiger partial charge in [-0.05, 0) is 19.3 Å². The predicted molar refractivity (Wildman–Crippen MR) is 50.1 cm³/mol. The van der Waals surface area contributed by atoms with Crippen molar-refractivity contribution in [3.63, 3.8) is 0 Å². The molecule has 0 saturated heterocycles. The van der Waals surface area contributed by atoms with Crippen molar-refractivity contribution in [1.29, 1.82) is 0 Å². The molecule has 0 saturated carbocycles. The first-order valence-corrected chi connectivity index (χ1v) is 4.60. The molecule has 0 radical (unpaired) electrons. The molecule has 1 atom stereocenters. The number of hydrogen-bond donors (Lipinski definition) is 1. The fourth-order valence-corrected chi connectivity index (χ4v) is 1.12. The monoisotopic (exact) mass is 170 g/mol. The summed E-state index contributed by atoms with van der Waals surface area (Å²) in [6.45, 7) is 4.06. The highest BCUT2D eigenvalue weighted by molar-refractivity contribution is 5.70. The Hall–Kier alpha value is -0.790. The maximum Gasteiger partial charge on any atom is 0.306 e. The lowest BCUT2D eigenvalue weighted by Crippen LogP contribution is -2.12. The minimum Gasteiger partial charge on any atom is -0.481 e. The third-order valence-corrected chi connectivity index (χ3v) is 1.81. The summed E-state index contributed by atoms with van der Waals surface area (Å²) < 4.78 is 0. The highest BCUT2D eigenvalue weighted by Gasteiger charge is 2.13. The van der Waals surface area contributed by atoms with Gasteiger partial charge in [0.25, 0.3) is 0 Å². The summed E-state index contributed by atoms with van der Waals surface area (Å²) >= 11 is 0. The number of carboxylic acids is 1. The van der Waals surface area contributed by atoms with Crippen LogP contribution in [0, 0.1) is 5.92 Å². The normalized spacial score (nSPS) is 13.5. The molecule has 0 aliphatic rings. The van der Waals surface area contributed by atoms with Gasteiger partial charge in [0.2, 0.25) is 0 Å². The summed E-state index contributed by atoms with van der Waals surface area (Å²) in [5, 5.41) is 8.77. The van der Waals surface area contributed by atoms with Crippen LogP contribution >= 0.6 is 0 Å². The average molecular weight is 170 g/mol. The number of hydrogen-bond acceptors (Lipinski definition) is 1. The van der Waals surface area contributed by atoms with Gasteiger partial charge in [-0.3, -0.25) is 4.79 Å². The lowest BCUT2D eigenvalue weighted by molar-refractivity contribution is -0.141. The van der Waals surface area contributed by atoms with Crippen LogP contribution in [0.25, 0.3) is 0 Å². The van der Waals surface area contributed by atoms with Crippen LogP contribution in [-0.4, -0.2) is 11.1 Å². The third kappa shape index (κ3) is 4.94. The maximum atomic E-state index is 10.6. The lowest BCUT2D eigenvalue weighted by atomic mass is 10.00. The number of allylic oxidation sites excluding steroid dienone is 2. The van der Waals surface area contributed by atoms with E-state index in [1.807, 2.05) is 26.0 Å². The van der Waals surface area contributed by atoms with Crippen LogP contribution in [0.2, 0.25) is 0 Å². The van der Waals surface area contributed by atoms with E-state index in [0.29, 0.717) is 6.42 Å². The number of aliphatic carboxylic acids is 1. The largest absolute Gasteiger partial charge is 0.481 e. The van der Waals surface area contributed by atoms with Gasteiger partial charge in [0.15, 0.2) is 0 Å². The Bertz CT molecular complexity index is 150. The zero-order valence-corrected chi connectivity index (χ0v) is 7.92. The van der Waals surface area contributed by atoms with Crippen LogP contribution in [0.5, 0.6) is 0 Å². The molecule has 1 unspecified atom stereocenters. The standard InChI is InChI=1S/C10H18O2/c1-3-5-6-8-9(7-4-2)10(11)12/h5-6,9H,3-4,7-8H2,1-2H3,(H,11,12)/b6-5-. The molecular formula is C10H18O2. The molecule has 0 aliphatic heterocycles. The summed E-state index contributed by atoms with van der Waals surface area (Å²) in [6.07, 6.45) is 7.37. The molecule has 0 aromatic carbocycles. The van der Waals surface area contributed by atoms with Crippen molar-refractivity contribution >= 4 is 5.97 Å². The molecule has 0 spiro atoms. The second-order valence-electron chi connectivity index (χ2n) is 2.94. The minimum atomic E-state index is -0.669. The van der Waals surface area contributed by atoms with E-state index in [9.17, 15) is 4.79 Å². The van der Waals surface area contributed by atoms with Gasteiger partial charge < -0.3 is 5.11 Å². The van der Waals surface area contributed by atoms with Crippen molar-refractivity contribution in [2.75, 3.05) is 0 Å². The molecule has 0 heterocycles. The fraction of sp³-hybridized carbons (Fsp3) is 0.700. The lowest BCUT2D eigenvalue weighted by Gasteiger charge is -2.06. The third-order valence-electron chi connectivity index (χ3n) is 1.81. The van der Waals surface area contributed by atoms with Gasteiger partial charge in [0.05, 0.1) is 5.92 Å².